The molecule has 1 atom stereocenters. The first-order chi connectivity index (χ1) is 11.0. The molecule has 3 heterocycles. The third-order valence-electron chi connectivity index (χ3n) is 3.81. The van der Waals surface area contributed by atoms with E-state index in [0.717, 1.165) is 17.8 Å². The summed E-state index contributed by atoms with van der Waals surface area (Å²) in [5, 5.41) is 11.6. The lowest BCUT2D eigenvalue weighted by Gasteiger charge is -2.13. The van der Waals surface area contributed by atoms with Crippen LogP contribution in [0.5, 0.6) is 0 Å². The molecule has 3 aromatic heterocycles. The maximum absolute atomic E-state index is 12.5. The molecule has 0 saturated carbocycles. The second-order valence-electron chi connectivity index (χ2n) is 5.25. The molecule has 0 fully saturated rings. The smallest absolute Gasteiger partial charge is 0.273 e. The van der Waals surface area contributed by atoms with Gasteiger partial charge in [-0.2, -0.15) is 10.2 Å². The van der Waals surface area contributed by atoms with Gasteiger partial charge in [0.15, 0.2) is 11.3 Å². The van der Waals surface area contributed by atoms with Gasteiger partial charge in [0.2, 0.25) is 0 Å². The van der Waals surface area contributed by atoms with Crippen molar-refractivity contribution in [3.63, 3.8) is 0 Å². The topological polar surface area (TPSA) is 77.1 Å². The van der Waals surface area contributed by atoms with E-state index in [2.05, 4.69) is 36.4 Å². The van der Waals surface area contributed by atoms with Crippen molar-refractivity contribution < 1.29 is 4.79 Å². The minimum absolute atomic E-state index is 0.160. The van der Waals surface area contributed by atoms with Crippen molar-refractivity contribution in [3.8, 4) is 0 Å². The Morgan fingerprint density at radius 3 is 2.91 bits per heavy atom. The number of nitrogens with zero attached hydrogens (tertiary/aromatic N) is 5. The zero-order chi connectivity index (χ0) is 16.6. The fourth-order valence-corrected chi connectivity index (χ4v) is 3.10. The Morgan fingerprint density at radius 1 is 1.48 bits per heavy atom. The number of carbonyl (C=O) groups is 1. The number of amides is 1. The van der Waals surface area contributed by atoms with E-state index in [4.69, 9.17) is 0 Å². The van der Waals surface area contributed by atoms with Crippen molar-refractivity contribution in [1.82, 2.24) is 29.7 Å². The number of aryl methyl sites for hydroxylation is 1. The highest BCUT2D eigenvalue weighted by molar-refractivity contribution is 9.10. The lowest BCUT2D eigenvalue weighted by atomic mass is 10.1. The van der Waals surface area contributed by atoms with Gasteiger partial charge in [-0.15, -0.1) is 0 Å². The molecule has 0 aromatic carbocycles. The Labute approximate surface area is 141 Å². The van der Waals surface area contributed by atoms with Crippen LogP contribution in [0.3, 0.4) is 0 Å². The van der Waals surface area contributed by atoms with Crippen molar-refractivity contribution in [3.05, 3.63) is 46.1 Å². The Hall–Kier alpha value is -2.22. The number of aromatic nitrogens is 5. The molecule has 0 radical (unpaired) electrons. The number of hydrogen-bond donors (Lipinski definition) is 1. The molecule has 0 aliphatic rings. The average molecular weight is 377 g/mol. The third-order valence-corrected chi connectivity index (χ3v) is 4.54. The zero-order valence-electron chi connectivity index (χ0n) is 13.1. The third kappa shape index (κ3) is 2.74. The van der Waals surface area contributed by atoms with Crippen molar-refractivity contribution in [1.29, 1.82) is 0 Å². The quantitative estimate of drug-likeness (QED) is 0.758. The number of hydrogen-bond acceptors (Lipinski definition) is 4. The van der Waals surface area contributed by atoms with Gasteiger partial charge in [0.1, 0.15) is 0 Å². The maximum atomic E-state index is 12.5. The standard InChI is InChI=1S/C15H17BrN6O/c1-4-21-10(3)11(8-18-21)9(2)19-15(23)13-12(16)14-17-6-5-7-22(14)20-13/h5-9H,4H2,1-3H3,(H,19,23). The molecule has 0 bridgehead atoms. The summed E-state index contributed by atoms with van der Waals surface area (Å²) in [5.74, 6) is -0.251. The van der Waals surface area contributed by atoms with Gasteiger partial charge in [-0.25, -0.2) is 9.50 Å². The Kier molecular flexibility index (Phi) is 4.16. The van der Waals surface area contributed by atoms with E-state index < -0.39 is 0 Å². The van der Waals surface area contributed by atoms with Gasteiger partial charge in [0, 0.05) is 30.2 Å². The highest BCUT2D eigenvalue weighted by Crippen LogP contribution is 2.22. The van der Waals surface area contributed by atoms with Crippen LogP contribution < -0.4 is 5.32 Å². The van der Waals surface area contributed by atoms with Crippen LogP contribution in [0, 0.1) is 6.92 Å². The molecule has 23 heavy (non-hydrogen) atoms. The molecule has 3 rings (SSSR count). The van der Waals surface area contributed by atoms with E-state index in [1.165, 1.54) is 0 Å². The first kappa shape index (κ1) is 15.7. The van der Waals surface area contributed by atoms with Crippen LogP contribution in [0.4, 0.5) is 0 Å². The first-order valence-corrected chi connectivity index (χ1v) is 8.14. The molecular weight excluding hydrogens is 360 g/mol. The Balaban J connectivity index is 1.85. The van der Waals surface area contributed by atoms with E-state index >= 15 is 0 Å². The summed E-state index contributed by atoms with van der Waals surface area (Å²) in [7, 11) is 0. The average Bonchev–Trinajstić information content (AvgIpc) is 3.08. The number of carbonyl (C=O) groups excluding carboxylic acids is 1. The zero-order valence-corrected chi connectivity index (χ0v) is 14.7. The summed E-state index contributed by atoms with van der Waals surface area (Å²) in [5.41, 5.74) is 2.98. The van der Waals surface area contributed by atoms with Crippen LogP contribution in [-0.4, -0.2) is 30.3 Å². The lowest BCUT2D eigenvalue weighted by molar-refractivity contribution is 0.0933. The summed E-state index contributed by atoms with van der Waals surface area (Å²) < 4.78 is 4.07. The normalized spacial score (nSPS) is 12.5. The summed E-state index contributed by atoms with van der Waals surface area (Å²) in [6.07, 6.45) is 5.21. The van der Waals surface area contributed by atoms with Gasteiger partial charge in [0.25, 0.3) is 5.91 Å². The van der Waals surface area contributed by atoms with Crippen LogP contribution in [-0.2, 0) is 6.54 Å². The van der Waals surface area contributed by atoms with E-state index in [-0.39, 0.29) is 11.9 Å². The van der Waals surface area contributed by atoms with Crippen LogP contribution in [0.1, 0.15) is 41.6 Å². The summed E-state index contributed by atoms with van der Waals surface area (Å²) in [4.78, 5) is 16.7. The van der Waals surface area contributed by atoms with Gasteiger partial charge in [-0.1, -0.05) is 0 Å². The number of rotatable bonds is 4. The minimum atomic E-state index is -0.251. The second kappa shape index (κ2) is 6.11. The second-order valence-corrected chi connectivity index (χ2v) is 6.04. The molecule has 120 valence electrons. The van der Waals surface area contributed by atoms with Crippen LogP contribution >= 0.6 is 15.9 Å². The predicted octanol–water partition coefficient (Wildman–Crippen LogP) is 2.51. The molecule has 0 spiro atoms. The molecule has 7 nitrogen and oxygen atoms in total. The van der Waals surface area contributed by atoms with Gasteiger partial charge >= 0.3 is 0 Å². The maximum Gasteiger partial charge on any atom is 0.273 e. The van der Waals surface area contributed by atoms with Gasteiger partial charge in [-0.05, 0) is 42.8 Å². The molecule has 1 N–H and O–H groups in total. The molecule has 1 amide bonds. The van der Waals surface area contributed by atoms with E-state index in [1.807, 2.05) is 25.5 Å². The molecule has 8 heteroatoms. The van der Waals surface area contributed by atoms with Crippen molar-refractivity contribution in [2.75, 3.05) is 0 Å². The van der Waals surface area contributed by atoms with Crippen LogP contribution in [0.25, 0.3) is 5.65 Å². The lowest BCUT2D eigenvalue weighted by Crippen LogP contribution is -2.27. The Bertz CT molecular complexity index is 868. The monoisotopic (exact) mass is 376 g/mol. The highest BCUT2D eigenvalue weighted by atomic mass is 79.9. The molecule has 3 aromatic rings. The van der Waals surface area contributed by atoms with E-state index in [1.54, 1.807) is 29.2 Å². The predicted molar refractivity (Wildman–Crippen MR) is 89.2 cm³/mol. The fourth-order valence-electron chi connectivity index (χ4n) is 2.55. The van der Waals surface area contributed by atoms with Crippen LogP contribution in [0.15, 0.2) is 29.1 Å². The number of halogens is 1. The minimum Gasteiger partial charge on any atom is -0.344 e. The van der Waals surface area contributed by atoms with Crippen LogP contribution in [0.2, 0.25) is 0 Å². The van der Waals surface area contributed by atoms with Crippen molar-refractivity contribution >= 4 is 27.5 Å². The number of fused-ring (bicyclic) bond motifs is 1. The SMILES string of the molecule is CCn1ncc(C(C)NC(=O)c2nn3cccnc3c2Br)c1C. The van der Waals surface area contributed by atoms with Gasteiger partial charge < -0.3 is 5.32 Å². The van der Waals surface area contributed by atoms with Crippen molar-refractivity contribution in [2.24, 2.45) is 0 Å². The fraction of sp³-hybridized carbons (Fsp3) is 0.333. The molecule has 0 saturated heterocycles. The number of nitrogens with one attached hydrogen (secondary N) is 1. The van der Waals surface area contributed by atoms with E-state index in [9.17, 15) is 4.79 Å². The largest absolute Gasteiger partial charge is 0.344 e. The van der Waals surface area contributed by atoms with Crippen molar-refractivity contribution in [2.45, 2.75) is 33.4 Å². The summed E-state index contributed by atoms with van der Waals surface area (Å²) >= 11 is 3.41. The molecule has 1 unspecified atom stereocenters. The molecule has 0 aliphatic heterocycles. The molecular formula is C15H17BrN6O. The van der Waals surface area contributed by atoms with E-state index in [0.29, 0.717) is 15.8 Å². The Morgan fingerprint density at radius 2 is 2.26 bits per heavy atom. The summed E-state index contributed by atoms with van der Waals surface area (Å²) in [6, 6.07) is 1.60. The van der Waals surface area contributed by atoms with Gasteiger partial charge in [-0.3, -0.25) is 9.48 Å². The summed E-state index contributed by atoms with van der Waals surface area (Å²) in [6.45, 7) is 6.77. The van der Waals surface area contributed by atoms with Gasteiger partial charge in [0.05, 0.1) is 16.7 Å². The highest BCUT2D eigenvalue weighted by Gasteiger charge is 2.21. The first-order valence-electron chi connectivity index (χ1n) is 7.35. The molecule has 0 aliphatic carbocycles.